The van der Waals surface area contributed by atoms with Gasteiger partial charge in [0.1, 0.15) is 5.82 Å². The van der Waals surface area contributed by atoms with Crippen molar-refractivity contribution in [1.82, 2.24) is 0 Å². The molecule has 0 aliphatic heterocycles. The van der Waals surface area contributed by atoms with Crippen LogP contribution in [0.3, 0.4) is 0 Å². The SMILES string of the molecule is CC(C)(C)C1c2cc(F)ccc2CCC1N. The lowest BCUT2D eigenvalue weighted by Crippen LogP contribution is -2.40. The van der Waals surface area contributed by atoms with Crippen molar-refractivity contribution in [3.8, 4) is 0 Å². The summed E-state index contributed by atoms with van der Waals surface area (Å²) in [4.78, 5) is 0. The molecule has 0 amide bonds. The van der Waals surface area contributed by atoms with Crippen LogP contribution in [0.5, 0.6) is 0 Å². The van der Waals surface area contributed by atoms with E-state index < -0.39 is 0 Å². The zero-order valence-electron chi connectivity index (χ0n) is 10.3. The molecule has 0 heterocycles. The van der Waals surface area contributed by atoms with Crippen molar-refractivity contribution in [2.24, 2.45) is 11.1 Å². The maximum atomic E-state index is 13.3. The van der Waals surface area contributed by atoms with Crippen molar-refractivity contribution in [1.29, 1.82) is 0 Å². The minimum Gasteiger partial charge on any atom is -0.327 e. The summed E-state index contributed by atoms with van der Waals surface area (Å²) in [5.74, 6) is 0.106. The third-order valence-electron chi connectivity index (χ3n) is 3.55. The molecule has 0 radical (unpaired) electrons. The van der Waals surface area contributed by atoms with Gasteiger partial charge in [0, 0.05) is 12.0 Å². The second kappa shape index (κ2) is 3.85. The van der Waals surface area contributed by atoms with Crippen LogP contribution in [0.2, 0.25) is 0 Å². The van der Waals surface area contributed by atoms with Gasteiger partial charge in [-0.05, 0) is 41.5 Å². The van der Waals surface area contributed by atoms with Gasteiger partial charge < -0.3 is 5.73 Å². The Balaban J connectivity index is 2.51. The van der Waals surface area contributed by atoms with E-state index in [1.54, 1.807) is 12.1 Å². The van der Waals surface area contributed by atoms with Crippen molar-refractivity contribution in [3.63, 3.8) is 0 Å². The van der Waals surface area contributed by atoms with Crippen LogP contribution in [0.15, 0.2) is 18.2 Å². The molecule has 2 heteroatoms. The van der Waals surface area contributed by atoms with E-state index in [1.807, 2.05) is 6.07 Å². The van der Waals surface area contributed by atoms with Crippen molar-refractivity contribution in [3.05, 3.63) is 35.1 Å². The highest BCUT2D eigenvalue weighted by atomic mass is 19.1. The fourth-order valence-corrected chi connectivity index (χ4v) is 2.91. The average Bonchev–Trinajstić information content (AvgIpc) is 2.14. The predicted molar refractivity (Wildman–Crippen MR) is 64.9 cm³/mol. The van der Waals surface area contributed by atoms with E-state index in [0.29, 0.717) is 0 Å². The summed E-state index contributed by atoms with van der Waals surface area (Å²) in [7, 11) is 0. The van der Waals surface area contributed by atoms with Gasteiger partial charge in [-0.1, -0.05) is 26.8 Å². The van der Waals surface area contributed by atoms with Gasteiger partial charge in [-0.25, -0.2) is 4.39 Å². The molecule has 1 aliphatic rings. The number of hydrogen-bond donors (Lipinski definition) is 1. The molecule has 1 aromatic carbocycles. The van der Waals surface area contributed by atoms with Crippen LogP contribution in [-0.4, -0.2) is 6.04 Å². The maximum absolute atomic E-state index is 13.3. The van der Waals surface area contributed by atoms with Gasteiger partial charge in [0.05, 0.1) is 0 Å². The summed E-state index contributed by atoms with van der Waals surface area (Å²) in [6.07, 6.45) is 1.98. The van der Waals surface area contributed by atoms with Crippen molar-refractivity contribution in [2.45, 2.75) is 45.6 Å². The number of hydrogen-bond acceptors (Lipinski definition) is 1. The Morgan fingerprint density at radius 2 is 2.00 bits per heavy atom. The van der Waals surface area contributed by atoms with E-state index in [4.69, 9.17) is 5.73 Å². The first-order valence-corrected chi connectivity index (χ1v) is 5.93. The molecule has 2 unspecified atom stereocenters. The molecule has 2 atom stereocenters. The van der Waals surface area contributed by atoms with Crippen LogP contribution in [0.25, 0.3) is 0 Å². The minimum absolute atomic E-state index is 0.0857. The maximum Gasteiger partial charge on any atom is 0.123 e. The van der Waals surface area contributed by atoms with E-state index in [2.05, 4.69) is 20.8 Å². The van der Waals surface area contributed by atoms with E-state index in [1.165, 1.54) is 5.56 Å². The highest BCUT2D eigenvalue weighted by molar-refractivity contribution is 5.36. The summed E-state index contributed by atoms with van der Waals surface area (Å²) in [5.41, 5.74) is 8.68. The molecule has 1 aromatic rings. The van der Waals surface area contributed by atoms with Gasteiger partial charge in [-0.3, -0.25) is 0 Å². The van der Waals surface area contributed by atoms with Crippen molar-refractivity contribution < 1.29 is 4.39 Å². The summed E-state index contributed by atoms with van der Waals surface area (Å²) in [5, 5.41) is 0. The molecule has 1 nitrogen and oxygen atoms in total. The molecule has 0 aromatic heterocycles. The Kier molecular flexibility index (Phi) is 2.79. The first-order chi connectivity index (χ1) is 7.39. The lowest BCUT2D eigenvalue weighted by Gasteiger charge is -2.40. The molecule has 16 heavy (non-hydrogen) atoms. The fraction of sp³-hybridized carbons (Fsp3) is 0.571. The van der Waals surface area contributed by atoms with E-state index in [9.17, 15) is 4.39 Å². The van der Waals surface area contributed by atoms with Crippen LogP contribution >= 0.6 is 0 Å². The Bertz CT molecular complexity index is 392. The number of aryl methyl sites for hydroxylation is 1. The quantitative estimate of drug-likeness (QED) is 0.715. The number of nitrogens with two attached hydrogens (primary N) is 1. The molecule has 0 saturated carbocycles. The van der Waals surface area contributed by atoms with E-state index in [0.717, 1.165) is 18.4 Å². The summed E-state index contributed by atoms with van der Waals surface area (Å²) in [6, 6.07) is 5.28. The Labute approximate surface area is 96.9 Å². The molecule has 0 spiro atoms. The number of fused-ring (bicyclic) bond motifs is 1. The average molecular weight is 221 g/mol. The summed E-state index contributed by atoms with van der Waals surface area (Å²) < 4.78 is 13.3. The zero-order valence-corrected chi connectivity index (χ0v) is 10.3. The zero-order chi connectivity index (χ0) is 11.9. The number of benzene rings is 1. The lowest BCUT2D eigenvalue weighted by atomic mass is 9.67. The molecule has 88 valence electrons. The number of halogens is 1. The fourth-order valence-electron chi connectivity index (χ4n) is 2.91. The van der Waals surface area contributed by atoms with Gasteiger partial charge in [-0.2, -0.15) is 0 Å². The van der Waals surface area contributed by atoms with Gasteiger partial charge >= 0.3 is 0 Å². The molecule has 0 fully saturated rings. The van der Waals surface area contributed by atoms with Crippen LogP contribution < -0.4 is 5.73 Å². The number of rotatable bonds is 0. The highest BCUT2D eigenvalue weighted by Crippen LogP contribution is 2.42. The molecule has 0 saturated heterocycles. The van der Waals surface area contributed by atoms with Crippen LogP contribution in [-0.2, 0) is 6.42 Å². The van der Waals surface area contributed by atoms with Gasteiger partial charge in [0.2, 0.25) is 0 Å². The largest absolute Gasteiger partial charge is 0.327 e. The van der Waals surface area contributed by atoms with Gasteiger partial charge in [0.15, 0.2) is 0 Å². The smallest absolute Gasteiger partial charge is 0.123 e. The second-order valence-corrected chi connectivity index (χ2v) is 5.89. The Morgan fingerprint density at radius 3 is 2.62 bits per heavy atom. The Morgan fingerprint density at radius 1 is 1.31 bits per heavy atom. The predicted octanol–water partition coefficient (Wildman–Crippen LogP) is 3.23. The first kappa shape index (κ1) is 11.6. The standard InChI is InChI=1S/C14H20FN/c1-14(2,3)13-11-8-10(15)6-4-9(11)5-7-12(13)16/h4,6,8,12-13H,5,7,16H2,1-3H3. The van der Waals surface area contributed by atoms with E-state index >= 15 is 0 Å². The third-order valence-corrected chi connectivity index (χ3v) is 3.55. The normalized spacial score (nSPS) is 25.3. The van der Waals surface area contributed by atoms with Crippen molar-refractivity contribution in [2.75, 3.05) is 0 Å². The van der Waals surface area contributed by atoms with Crippen LogP contribution in [0.4, 0.5) is 4.39 Å². The molecule has 0 bridgehead atoms. The van der Waals surface area contributed by atoms with E-state index in [-0.39, 0.29) is 23.2 Å². The molecule has 1 aliphatic carbocycles. The van der Waals surface area contributed by atoms with Crippen molar-refractivity contribution >= 4 is 0 Å². The lowest BCUT2D eigenvalue weighted by molar-refractivity contribution is 0.260. The van der Waals surface area contributed by atoms with Gasteiger partial charge in [-0.15, -0.1) is 0 Å². The topological polar surface area (TPSA) is 26.0 Å². The van der Waals surface area contributed by atoms with Crippen LogP contribution in [0, 0.1) is 11.2 Å². The molecule has 2 rings (SSSR count). The van der Waals surface area contributed by atoms with Crippen LogP contribution in [0.1, 0.15) is 44.2 Å². The Hall–Kier alpha value is -0.890. The summed E-state index contributed by atoms with van der Waals surface area (Å²) >= 11 is 0. The third kappa shape index (κ3) is 1.99. The second-order valence-electron chi connectivity index (χ2n) is 5.89. The molecule has 2 N–H and O–H groups in total. The van der Waals surface area contributed by atoms with Gasteiger partial charge in [0.25, 0.3) is 0 Å². The monoisotopic (exact) mass is 221 g/mol. The first-order valence-electron chi connectivity index (χ1n) is 5.93. The molecular weight excluding hydrogens is 201 g/mol. The minimum atomic E-state index is -0.151. The summed E-state index contributed by atoms with van der Waals surface area (Å²) in [6.45, 7) is 6.53. The molecular formula is C14H20FN. The highest BCUT2D eigenvalue weighted by Gasteiger charge is 2.35.